The molecule has 7 N–H and O–H groups in total. The Bertz CT molecular complexity index is 3120. The number of nitrogens with one attached hydrogen (secondary N) is 7. The highest BCUT2D eigenvalue weighted by molar-refractivity contribution is 6.01. The van der Waals surface area contributed by atoms with Crippen LogP contribution in [0.1, 0.15) is 136 Å². The Labute approximate surface area is 537 Å². The number of hydrogen-bond acceptors (Lipinski definition) is 18. The lowest BCUT2D eigenvalue weighted by atomic mass is 9.93. The van der Waals surface area contributed by atoms with Crippen LogP contribution in [-0.4, -0.2) is 123 Å². The standard InChI is InChI=1S/C68H97N9O14/c1-45(73-59(78)87-64(4,5)6)69-28-22-32-83-54-39-52(40-55(43-54)84-33-23-29-70-46(2)74-60(79)88-65(7,8)9)50-36-49(48-26-20-19-21-27-48)37-51(38-50)53-41-56(85-34-24-30-71-47(3)75-61(80)89-66(10,11)12)44-57(42-53)86-35-25-31-72-58(76-62(81)90-67(13,14)15)77-63(82)91-68(16,17)18/h19-21,26-27,36-44,69,71H,1,3,22-25,28-35H2,2,4-18H3,(H,73,78)(H,75,80)(H,70,74,79)(H2,72,76,77,81,82). The molecule has 4 rings (SSSR count). The van der Waals surface area contributed by atoms with Gasteiger partial charge in [0.05, 0.1) is 26.4 Å². The number of carbonyl (C=O) groups is 5. The second-order valence-electron chi connectivity index (χ2n) is 26.0. The van der Waals surface area contributed by atoms with Crippen LogP contribution in [0.3, 0.4) is 0 Å². The van der Waals surface area contributed by atoms with Crippen LogP contribution in [0.25, 0.3) is 33.4 Å². The van der Waals surface area contributed by atoms with Gasteiger partial charge >= 0.3 is 30.5 Å². The van der Waals surface area contributed by atoms with E-state index in [1.54, 1.807) is 117 Å². The molecular formula is C68H97N9O14. The average molecular weight is 1260 g/mol. The lowest BCUT2D eigenvalue weighted by molar-refractivity contribution is 0.0525. The van der Waals surface area contributed by atoms with Gasteiger partial charge in [-0.15, -0.1) is 0 Å². The third kappa shape index (κ3) is 32.8. The van der Waals surface area contributed by atoms with Crippen molar-refractivity contribution in [2.24, 2.45) is 9.98 Å². The third-order valence-electron chi connectivity index (χ3n) is 11.3. The summed E-state index contributed by atoms with van der Waals surface area (Å²) in [7, 11) is 0. The first-order valence-corrected chi connectivity index (χ1v) is 30.4. The van der Waals surface area contributed by atoms with Crippen LogP contribution >= 0.6 is 0 Å². The Hall–Kier alpha value is -9.15. The van der Waals surface area contributed by atoms with E-state index in [4.69, 9.17) is 42.6 Å². The summed E-state index contributed by atoms with van der Waals surface area (Å²) in [5.74, 6) is 2.93. The number of hydrogen-bond donors (Lipinski definition) is 7. The van der Waals surface area contributed by atoms with Gasteiger partial charge in [-0.2, -0.15) is 0 Å². The third-order valence-corrected chi connectivity index (χ3v) is 11.3. The van der Waals surface area contributed by atoms with E-state index in [2.05, 4.69) is 78.6 Å². The van der Waals surface area contributed by atoms with Gasteiger partial charge in [0, 0.05) is 51.2 Å². The highest BCUT2D eigenvalue weighted by atomic mass is 16.6. The Balaban J connectivity index is 1.72. The van der Waals surface area contributed by atoms with E-state index in [0.717, 1.165) is 33.4 Å². The first kappa shape index (κ1) is 74.3. The highest BCUT2D eigenvalue weighted by Gasteiger charge is 2.23. The molecule has 0 heterocycles. The van der Waals surface area contributed by atoms with Gasteiger partial charge < -0.3 is 53.3 Å². The van der Waals surface area contributed by atoms with Crippen LogP contribution in [-0.2, 0) is 23.7 Å². The Morgan fingerprint density at radius 1 is 0.374 bits per heavy atom. The summed E-state index contributed by atoms with van der Waals surface area (Å²) in [6.07, 6.45) is -1.49. The van der Waals surface area contributed by atoms with Gasteiger partial charge in [0.25, 0.3) is 0 Å². The van der Waals surface area contributed by atoms with Crippen molar-refractivity contribution >= 4 is 42.3 Å². The highest BCUT2D eigenvalue weighted by Crippen LogP contribution is 2.38. The van der Waals surface area contributed by atoms with Crippen molar-refractivity contribution in [2.45, 2.75) is 164 Å². The molecule has 23 nitrogen and oxygen atoms in total. The minimum Gasteiger partial charge on any atom is -0.493 e. The molecule has 0 spiro atoms. The number of rotatable bonds is 27. The fourth-order valence-electron chi connectivity index (χ4n) is 7.86. The van der Waals surface area contributed by atoms with Crippen molar-refractivity contribution in [2.75, 3.05) is 52.6 Å². The van der Waals surface area contributed by atoms with Gasteiger partial charge in [0.1, 0.15) is 68.5 Å². The lowest BCUT2D eigenvalue weighted by Crippen LogP contribution is -2.47. The van der Waals surface area contributed by atoms with Gasteiger partial charge in [0.15, 0.2) is 0 Å². The number of amides is 5. The SMILES string of the molecule is C=C(NCCCOc1cc(OCCCN=C(C)NC(=O)OC(C)(C)C)cc(-c2cc(-c3ccccc3)cc(-c3cc(OCCCN=C(NC(=O)OC(C)(C)C)NC(=O)OC(C)(C)C)cc(OCCCNC(=C)NC(=O)OC(C)(C)C)c3)c2)c1)NC(=O)OC(C)(C)C. The average Bonchev–Trinajstić information content (AvgIpc) is 0.812. The van der Waals surface area contributed by atoms with Crippen LogP contribution < -0.4 is 56.2 Å². The molecule has 498 valence electrons. The zero-order valence-electron chi connectivity index (χ0n) is 56.1. The first-order valence-electron chi connectivity index (χ1n) is 30.4. The number of ether oxygens (including phenoxy) is 9. The Morgan fingerprint density at radius 2 is 0.670 bits per heavy atom. The molecule has 4 aromatic carbocycles. The van der Waals surface area contributed by atoms with Crippen molar-refractivity contribution in [1.29, 1.82) is 0 Å². The largest absolute Gasteiger partial charge is 0.493 e. The van der Waals surface area contributed by atoms with Gasteiger partial charge in [-0.25, -0.2) is 24.0 Å². The molecule has 0 aromatic heterocycles. The topological polar surface area (TPSA) is 277 Å². The summed E-state index contributed by atoms with van der Waals surface area (Å²) >= 11 is 0. The molecule has 4 aromatic rings. The number of aliphatic imine (C=N–C) groups is 2. The van der Waals surface area contributed by atoms with Crippen LogP contribution in [0.15, 0.2) is 120 Å². The molecule has 5 amide bonds. The van der Waals surface area contributed by atoms with E-state index in [-0.39, 0.29) is 31.5 Å². The molecule has 23 heteroatoms. The number of benzene rings is 4. The van der Waals surface area contributed by atoms with Gasteiger partial charge in [-0.3, -0.25) is 36.6 Å². The minimum absolute atomic E-state index is 0.128. The molecule has 0 radical (unpaired) electrons. The predicted molar refractivity (Wildman–Crippen MR) is 355 cm³/mol. The fourth-order valence-corrected chi connectivity index (χ4v) is 7.86. The molecule has 0 unspecified atom stereocenters. The predicted octanol–water partition coefficient (Wildman–Crippen LogP) is 13.3. The van der Waals surface area contributed by atoms with E-state index in [1.807, 2.05) is 60.7 Å². The molecule has 0 aliphatic carbocycles. The van der Waals surface area contributed by atoms with E-state index >= 15 is 0 Å². The number of nitrogens with zero attached hydrogens (tertiary/aromatic N) is 2. The lowest BCUT2D eigenvalue weighted by Gasteiger charge is -2.22. The molecule has 0 aliphatic heterocycles. The Morgan fingerprint density at radius 3 is 1.02 bits per heavy atom. The second kappa shape index (κ2) is 34.7. The van der Waals surface area contributed by atoms with Crippen molar-refractivity contribution in [3.8, 4) is 56.4 Å². The van der Waals surface area contributed by atoms with E-state index in [9.17, 15) is 24.0 Å². The molecular weight excluding hydrogens is 1170 g/mol. The van der Waals surface area contributed by atoms with Gasteiger partial charge in [0.2, 0.25) is 5.96 Å². The first-order chi connectivity index (χ1) is 42.4. The fraction of sp³-hybridized carbons (Fsp3) is 0.485. The van der Waals surface area contributed by atoms with Crippen molar-refractivity contribution in [3.05, 3.63) is 110 Å². The zero-order valence-corrected chi connectivity index (χ0v) is 56.1. The molecule has 0 bridgehead atoms. The zero-order chi connectivity index (χ0) is 67.6. The number of carbonyl (C=O) groups excluding carboxylic acids is 5. The number of amidine groups is 1. The molecule has 0 saturated carbocycles. The summed E-state index contributed by atoms with van der Waals surface area (Å²) in [4.78, 5) is 71.5. The summed E-state index contributed by atoms with van der Waals surface area (Å²) in [5.41, 5.74) is 1.45. The molecule has 0 saturated heterocycles. The van der Waals surface area contributed by atoms with Gasteiger partial charge in [-0.05, 0) is 199 Å². The van der Waals surface area contributed by atoms with Gasteiger partial charge in [-0.1, -0.05) is 43.5 Å². The quantitative estimate of drug-likeness (QED) is 0.0126. The van der Waals surface area contributed by atoms with Crippen LogP contribution in [0, 0.1) is 0 Å². The monoisotopic (exact) mass is 1260 g/mol. The summed E-state index contributed by atoms with van der Waals surface area (Å²) in [6.45, 7) is 38.2. The van der Waals surface area contributed by atoms with Crippen LogP contribution in [0.5, 0.6) is 23.0 Å². The van der Waals surface area contributed by atoms with Crippen LogP contribution in [0.4, 0.5) is 24.0 Å². The van der Waals surface area contributed by atoms with Crippen molar-refractivity contribution in [1.82, 2.24) is 37.2 Å². The normalized spacial score (nSPS) is 11.8. The van der Waals surface area contributed by atoms with E-state index < -0.39 is 58.5 Å². The van der Waals surface area contributed by atoms with Crippen molar-refractivity contribution in [3.63, 3.8) is 0 Å². The summed E-state index contributed by atoms with van der Waals surface area (Å²) < 4.78 is 52.5. The summed E-state index contributed by atoms with van der Waals surface area (Å²) in [5, 5.41) is 19.1. The Kier molecular flexibility index (Phi) is 28.4. The number of alkyl carbamates (subject to hydrolysis) is 5. The molecule has 0 aliphatic rings. The second-order valence-corrected chi connectivity index (χ2v) is 26.0. The van der Waals surface area contributed by atoms with Crippen molar-refractivity contribution < 1.29 is 66.6 Å². The molecule has 0 atom stereocenters. The molecule has 0 fully saturated rings. The maximum atomic E-state index is 12.8. The van der Waals surface area contributed by atoms with Crippen LogP contribution in [0.2, 0.25) is 0 Å². The minimum atomic E-state index is -0.812. The maximum absolute atomic E-state index is 12.8. The smallest absolute Gasteiger partial charge is 0.414 e. The van der Waals surface area contributed by atoms with E-state index in [1.165, 1.54) is 0 Å². The van der Waals surface area contributed by atoms with E-state index in [0.29, 0.717) is 93.2 Å². The maximum Gasteiger partial charge on any atom is 0.414 e. The molecule has 91 heavy (non-hydrogen) atoms. The number of guanidine groups is 1. The summed E-state index contributed by atoms with van der Waals surface area (Å²) in [6, 6.07) is 27.6.